The van der Waals surface area contributed by atoms with Crippen LogP contribution in [0.1, 0.15) is 39.2 Å². The maximum absolute atomic E-state index is 6.31. The van der Waals surface area contributed by atoms with Crippen LogP contribution in [0.25, 0.3) is 0 Å². The first-order valence-corrected chi connectivity index (χ1v) is 10.9. The molecule has 0 spiro atoms. The summed E-state index contributed by atoms with van der Waals surface area (Å²) in [4.78, 5) is 0. The monoisotopic (exact) mass is 342 g/mol. The van der Waals surface area contributed by atoms with Crippen LogP contribution in [-0.4, -0.2) is 14.9 Å². The van der Waals surface area contributed by atoms with Crippen LogP contribution >= 0.6 is 15.9 Å². The molecule has 0 atom stereocenters. The molecule has 19 heavy (non-hydrogen) atoms. The normalized spacial score (nSPS) is 12.7. The van der Waals surface area contributed by atoms with E-state index in [4.69, 9.17) is 4.43 Å². The largest absolute Gasteiger partial charge is 0.416 e. The number of halogens is 1. The Kier molecular flexibility index (Phi) is 6.28. The van der Waals surface area contributed by atoms with Gasteiger partial charge in [0.1, 0.15) is 0 Å². The van der Waals surface area contributed by atoms with Crippen molar-refractivity contribution in [3.05, 3.63) is 34.3 Å². The van der Waals surface area contributed by atoms with Gasteiger partial charge < -0.3 is 4.43 Å². The summed E-state index contributed by atoms with van der Waals surface area (Å²) in [7, 11) is -1.63. The van der Waals surface area contributed by atoms with Gasteiger partial charge in [0.15, 0.2) is 8.32 Å². The lowest BCUT2D eigenvalue weighted by Crippen LogP contribution is -2.42. The topological polar surface area (TPSA) is 9.23 Å². The van der Waals surface area contributed by atoms with Crippen molar-refractivity contribution in [3.63, 3.8) is 0 Å². The van der Waals surface area contributed by atoms with Gasteiger partial charge in [-0.05, 0) is 48.7 Å². The van der Waals surface area contributed by atoms with E-state index in [1.54, 1.807) is 0 Å². The van der Waals surface area contributed by atoms with Crippen LogP contribution in [-0.2, 0) is 10.8 Å². The van der Waals surface area contributed by atoms with Gasteiger partial charge in [-0.15, -0.1) is 0 Å². The number of rotatable bonds is 7. The van der Waals surface area contributed by atoms with Crippen LogP contribution in [0.4, 0.5) is 0 Å². The predicted molar refractivity (Wildman–Crippen MR) is 90.2 cm³/mol. The van der Waals surface area contributed by atoms with Gasteiger partial charge in [-0.2, -0.15) is 0 Å². The fourth-order valence-electron chi connectivity index (χ4n) is 2.24. The van der Waals surface area contributed by atoms with Crippen molar-refractivity contribution in [2.24, 2.45) is 0 Å². The molecule has 3 heteroatoms. The highest BCUT2D eigenvalue weighted by molar-refractivity contribution is 9.10. The molecule has 0 radical (unpaired) electrons. The highest BCUT2D eigenvalue weighted by atomic mass is 79.9. The van der Waals surface area contributed by atoms with Gasteiger partial charge in [-0.3, -0.25) is 0 Å². The first-order valence-electron chi connectivity index (χ1n) is 7.17. The minimum atomic E-state index is -1.63. The molecule has 1 rings (SSSR count). The van der Waals surface area contributed by atoms with Crippen LogP contribution in [0.5, 0.6) is 0 Å². The van der Waals surface area contributed by atoms with Crippen molar-refractivity contribution < 1.29 is 4.43 Å². The van der Waals surface area contributed by atoms with Crippen molar-refractivity contribution in [1.29, 1.82) is 0 Å². The van der Waals surface area contributed by atoms with Crippen LogP contribution in [0.2, 0.25) is 18.1 Å². The van der Waals surface area contributed by atoms with E-state index in [9.17, 15) is 0 Å². The SMILES string of the molecule is CCCC(C)(C)[Si](C)(C)OCCc1cccc(Br)c1. The minimum absolute atomic E-state index is 0.346. The molecule has 0 saturated carbocycles. The summed E-state index contributed by atoms with van der Waals surface area (Å²) in [5.41, 5.74) is 1.34. The Bertz CT molecular complexity index is 401. The molecule has 1 aromatic carbocycles. The van der Waals surface area contributed by atoms with E-state index < -0.39 is 8.32 Å². The molecule has 0 fully saturated rings. The van der Waals surface area contributed by atoms with Crippen LogP contribution < -0.4 is 0 Å². The smallest absolute Gasteiger partial charge is 0.192 e. The van der Waals surface area contributed by atoms with Crippen molar-refractivity contribution in [2.45, 2.75) is 58.2 Å². The Morgan fingerprint density at radius 2 is 1.95 bits per heavy atom. The van der Waals surface area contributed by atoms with Crippen LogP contribution in [0, 0.1) is 0 Å². The fourth-order valence-corrected chi connectivity index (χ4v) is 4.54. The maximum Gasteiger partial charge on any atom is 0.192 e. The lowest BCUT2D eigenvalue weighted by molar-refractivity contribution is 0.284. The molecule has 0 unspecified atom stereocenters. The van der Waals surface area contributed by atoms with E-state index in [0.29, 0.717) is 5.04 Å². The van der Waals surface area contributed by atoms with Gasteiger partial charge in [0.2, 0.25) is 0 Å². The number of benzene rings is 1. The Morgan fingerprint density at radius 1 is 1.26 bits per heavy atom. The van der Waals surface area contributed by atoms with Gasteiger partial charge in [0.05, 0.1) is 0 Å². The lowest BCUT2D eigenvalue weighted by atomic mass is 10.1. The van der Waals surface area contributed by atoms with E-state index in [-0.39, 0.29) is 0 Å². The molecular formula is C16H27BrOSi. The average molecular weight is 343 g/mol. The Balaban J connectivity index is 2.52. The maximum atomic E-state index is 6.31. The van der Waals surface area contributed by atoms with Crippen LogP contribution in [0.3, 0.4) is 0 Å². The number of hydrogen-bond donors (Lipinski definition) is 0. The van der Waals surface area contributed by atoms with Gasteiger partial charge in [-0.1, -0.05) is 55.3 Å². The molecular weight excluding hydrogens is 316 g/mol. The molecule has 0 aliphatic heterocycles. The van der Waals surface area contributed by atoms with E-state index in [2.05, 4.69) is 74.1 Å². The van der Waals surface area contributed by atoms with E-state index in [1.165, 1.54) is 18.4 Å². The summed E-state index contributed by atoms with van der Waals surface area (Å²) in [5.74, 6) is 0. The van der Waals surface area contributed by atoms with Crippen molar-refractivity contribution in [2.75, 3.05) is 6.61 Å². The molecule has 108 valence electrons. The molecule has 0 aromatic heterocycles. The van der Waals surface area contributed by atoms with Crippen molar-refractivity contribution >= 4 is 24.2 Å². The second-order valence-corrected chi connectivity index (χ2v) is 12.0. The summed E-state index contributed by atoms with van der Waals surface area (Å²) < 4.78 is 7.46. The molecule has 0 aliphatic rings. The molecule has 0 bridgehead atoms. The highest BCUT2D eigenvalue weighted by Crippen LogP contribution is 2.41. The van der Waals surface area contributed by atoms with Crippen LogP contribution in [0.15, 0.2) is 28.7 Å². The molecule has 1 nitrogen and oxygen atoms in total. The first kappa shape index (κ1) is 16.9. The molecule has 1 aromatic rings. The van der Waals surface area contributed by atoms with Crippen molar-refractivity contribution in [1.82, 2.24) is 0 Å². The molecule has 0 heterocycles. The lowest BCUT2D eigenvalue weighted by Gasteiger charge is -2.39. The quantitative estimate of drug-likeness (QED) is 0.569. The second kappa shape index (κ2) is 7.05. The summed E-state index contributed by atoms with van der Waals surface area (Å²) >= 11 is 3.51. The van der Waals surface area contributed by atoms with Gasteiger partial charge >= 0.3 is 0 Å². The first-order chi connectivity index (χ1) is 8.78. The third-order valence-electron chi connectivity index (χ3n) is 4.25. The Morgan fingerprint density at radius 3 is 2.53 bits per heavy atom. The van der Waals surface area contributed by atoms with E-state index >= 15 is 0 Å². The van der Waals surface area contributed by atoms with E-state index in [1.807, 2.05) is 0 Å². The summed E-state index contributed by atoms with van der Waals surface area (Å²) in [5, 5.41) is 0.346. The van der Waals surface area contributed by atoms with Crippen molar-refractivity contribution in [3.8, 4) is 0 Å². The third kappa shape index (κ3) is 5.05. The third-order valence-corrected chi connectivity index (χ3v) is 9.18. The minimum Gasteiger partial charge on any atom is -0.416 e. The molecule has 0 aliphatic carbocycles. The fraction of sp³-hybridized carbons (Fsp3) is 0.625. The zero-order valence-electron chi connectivity index (χ0n) is 12.9. The summed E-state index contributed by atoms with van der Waals surface area (Å²) in [6.45, 7) is 12.5. The molecule has 0 saturated heterocycles. The predicted octanol–water partition coefficient (Wildman–Crippen LogP) is 5.79. The highest BCUT2D eigenvalue weighted by Gasteiger charge is 2.39. The molecule has 0 N–H and O–H groups in total. The summed E-state index contributed by atoms with van der Waals surface area (Å²) in [6.07, 6.45) is 3.49. The van der Waals surface area contributed by atoms with E-state index in [0.717, 1.165) is 17.5 Å². The zero-order chi connectivity index (χ0) is 14.5. The summed E-state index contributed by atoms with van der Waals surface area (Å²) in [6, 6.07) is 8.49. The van der Waals surface area contributed by atoms with Gasteiger partial charge in [-0.25, -0.2) is 0 Å². The van der Waals surface area contributed by atoms with Gasteiger partial charge in [0, 0.05) is 11.1 Å². The standard InChI is InChI=1S/C16H27BrOSi/c1-6-11-16(2,3)19(4,5)18-12-10-14-8-7-9-15(17)13-14/h7-9,13H,6,10-12H2,1-5H3. The number of hydrogen-bond acceptors (Lipinski definition) is 1. The van der Waals surface area contributed by atoms with Gasteiger partial charge in [0.25, 0.3) is 0 Å². The Hall–Kier alpha value is -0.123. The Labute approximate surface area is 128 Å². The zero-order valence-corrected chi connectivity index (χ0v) is 15.5. The second-order valence-electron chi connectivity index (χ2n) is 6.37. The molecule has 0 amide bonds. The average Bonchev–Trinajstić information content (AvgIpc) is 2.28.